The van der Waals surface area contributed by atoms with Crippen LogP contribution in [0.4, 0.5) is 15.8 Å². The number of benzene rings is 1. The SMILES string of the molecule is Nc1ccc(F)c(NC(=O)CCN2CCc3sccc3C2)c1. The topological polar surface area (TPSA) is 58.4 Å². The van der Waals surface area contributed by atoms with E-state index in [1.54, 1.807) is 11.3 Å². The second kappa shape index (κ2) is 6.46. The predicted molar refractivity (Wildman–Crippen MR) is 87.4 cm³/mol. The fourth-order valence-electron chi connectivity index (χ4n) is 2.61. The van der Waals surface area contributed by atoms with Crippen molar-refractivity contribution in [1.82, 2.24) is 4.90 Å². The van der Waals surface area contributed by atoms with E-state index in [2.05, 4.69) is 21.7 Å². The second-order valence-electron chi connectivity index (χ2n) is 5.43. The Balaban J connectivity index is 1.52. The van der Waals surface area contributed by atoms with Gasteiger partial charge in [-0.25, -0.2) is 4.39 Å². The van der Waals surface area contributed by atoms with Crippen LogP contribution in [0.15, 0.2) is 29.6 Å². The number of hydrogen-bond donors (Lipinski definition) is 2. The second-order valence-corrected chi connectivity index (χ2v) is 6.43. The number of nitrogens with two attached hydrogens (primary N) is 1. The van der Waals surface area contributed by atoms with Crippen molar-refractivity contribution in [2.24, 2.45) is 0 Å². The molecule has 0 atom stereocenters. The third-order valence-corrected chi connectivity index (χ3v) is 4.83. The molecule has 0 saturated carbocycles. The number of thiophene rings is 1. The van der Waals surface area contributed by atoms with E-state index in [0.29, 0.717) is 18.7 Å². The van der Waals surface area contributed by atoms with Gasteiger partial charge in [0, 0.05) is 36.6 Å². The van der Waals surface area contributed by atoms with Crippen LogP contribution in [0.1, 0.15) is 16.9 Å². The van der Waals surface area contributed by atoms with Gasteiger partial charge in [-0.15, -0.1) is 11.3 Å². The highest BCUT2D eigenvalue weighted by Gasteiger charge is 2.18. The summed E-state index contributed by atoms with van der Waals surface area (Å²) in [5.41, 5.74) is 7.53. The first-order valence-electron chi connectivity index (χ1n) is 7.24. The van der Waals surface area contributed by atoms with Crippen LogP contribution < -0.4 is 11.1 Å². The van der Waals surface area contributed by atoms with Gasteiger partial charge in [-0.1, -0.05) is 0 Å². The van der Waals surface area contributed by atoms with E-state index in [1.807, 2.05) is 0 Å². The zero-order chi connectivity index (χ0) is 15.5. The number of hydrogen-bond acceptors (Lipinski definition) is 4. The molecule has 0 bridgehead atoms. The van der Waals surface area contributed by atoms with Crippen molar-refractivity contribution >= 4 is 28.6 Å². The van der Waals surface area contributed by atoms with Crippen molar-refractivity contribution < 1.29 is 9.18 Å². The van der Waals surface area contributed by atoms with Crippen LogP contribution in [0.2, 0.25) is 0 Å². The highest BCUT2D eigenvalue weighted by atomic mass is 32.1. The van der Waals surface area contributed by atoms with Crippen LogP contribution in [0.5, 0.6) is 0 Å². The molecule has 1 aliphatic heterocycles. The number of nitrogen functional groups attached to an aromatic ring is 1. The lowest BCUT2D eigenvalue weighted by molar-refractivity contribution is -0.116. The Kier molecular flexibility index (Phi) is 4.40. The van der Waals surface area contributed by atoms with Gasteiger partial charge < -0.3 is 11.1 Å². The van der Waals surface area contributed by atoms with Crippen LogP contribution in [-0.2, 0) is 17.8 Å². The average Bonchev–Trinajstić information content (AvgIpc) is 2.96. The van der Waals surface area contributed by atoms with Crippen LogP contribution in [0.3, 0.4) is 0 Å². The maximum absolute atomic E-state index is 13.6. The third kappa shape index (κ3) is 3.45. The zero-order valence-corrected chi connectivity index (χ0v) is 13.0. The Morgan fingerprint density at radius 2 is 2.27 bits per heavy atom. The first-order valence-corrected chi connectivity index (χ1v) is 8.12. The fourth-order valence-corrected chi connectivity index (χ4v) is 3.50. The number of rotatable bonds is 4. The van der Waals surface area contributed by atoms with Crippen LogP contribution in [0, 0.1) is 5.82 Å². The summed E-state index contributed by atoms with van der Waals surface area (Å²) < 4.78 is 13.6. The Bertz CT molecular complexity index is 686. The molecule has 0 spiro atoms. The maximum Gasteiger partial charge on any atom is 0.225 e. The van der Waals surface area contributed by atoms with Gasteiger partial charge in [0.2, 0.25) is 5.91 Å². The summed E-state index contributed by atoms with van der Waals surface area (Å²) in [6, 6.07) is 6.31. The summed E-state index contributed by atoms with van der Waals surface area (Å²) >= 11 is 1.80. The number of carbonyl (C=O) groups excluding carboxylic acids is 1. The quantitative estimate of drug-likeness (QED) is 0.852. The Hall–Kier alpha value is -1.92. The molecule has 0 fully saturated rings. The molecule has 0 aliphatic carbocycles. The number of fused-ring (bicyclic) bond motifs is 1. The average molecular weight is 319 g/mol. The van der Waals surface area contributed by atoms with Crippen molar-refractivity contribution in [2.75, 3.05) is 24.1 Å². The summed E-state index contributed by atoms with van der Waals surface area (Å²) in [4.78, 5) is 15.7. The number of nitrogens with one attached hydrogen (secondary N) is 1. The number of nitrogens with zero attached hydrogens (tertiary/aromatic N) is 1. The van der Waals surface area contributed by atoms with Gasteiger partial charge in [0.05, 0.1) is 5.69 Å². The molecule has 0 radical (unpaired) electrons. The van der Waals surface area contributed by atoms with Gasteiger partial charge in [-0.2, -0.15) is 0 Å². The lowest BCUT2D eigenvalue weighted by atomic mass is 10.1. The van der Waals surface area contributed by atoms with Crippen molar-refractivity contribution in [3.63, 3.8) is 0 Å². The van der Waals surface area contributed by atoms with E-state index >= 15 is 0 Å². The first-order chi connectivity index (χ1) is 10.6. The number of amides is 1. The molecule has 22 heavy (non-hydrogen) atoms. The normalized spacial score (nSPS) is 14.6. The lowest BCUT2D eigenvalue weighted by Gasteiger charge is -2.26. The zero-order valence-electron chi connectivity index (χ0n) is 12.1. The molecule has 0 unspecified atom stereocenters. The van der Waals surface area contributed by atoms with Crippen molar-refractivity contribution in [2.45, 2.75) is 19.4 Å². The molecule has 2 heterocycles. The number of halogens is 1. The van der Waals surface area contributed by atoms with Crippen molar-refractivity contribution in [3.8, 4) is 0 Å². The van der Waals surface area contributed by atoms with E-state index < -0.39 is 5.82 Å². The molecule has 1 aromatic heterocycles. The molecule has 3 rings (SSSR count). The molecule has 116 valence electrons. The minimum absolute atomic E-state index is 0.142. The summed E-state index contributed by atoms with van der Waals surface area (Å²) in [6.45, 7) is 2.53. The van der Waals surface area contributed by atoms with Gasteiger partial charge in [-0.3, -0.25) is 9.69 Å². The fraction of sp³-hybridized carbons (Fsp3) is 0.312. The van der Waals surface area contributed by atoms with Crippen molar-refractivity contribution in [1.29, 1.82) is 0 Å². The lowest BCUT2D eigenvalue weighted by Crippen LogP contribution is -2.32. The van der Waals surface area contributed by atoms with Gasteiger partial charge in [0.1, 0.15) is 5.82 Å². The molecule has 2 aromatic rings. The predicted octanol–water partition coefficient (Wildman–Crippen LogP) is 2.86. The Morgan fingerprint density at radius 1 is 1.41 bits per heavy atom. The minimum atomic E-state index is -0.469. The smallest absolute Gasteiger partial charge is 0.225 e. The third-order valence-electron chi connectivity index (χ3n) is 3.81. The minimum Gasteiger partial charge on any atom is -0.399 e. The van der Waals surface area contributed by atoms with E-state index in [4.69, 9.17) is 5.73 Å². The van der Waals surface area contributed by atoms with Crippen molar-refractivity contribution in [3.05, 3.63) is 45.9 Å². The standard InChI is InChI=1S/C16H18FN3OS/c17-13-2-1-12(18)9-14(13)19-16(21)4-7-20-6-3-15-11(10-20)5-8-22-15/h1-2,5,8-9H,3-4,6-7,10,18H2,(H,19,21). The maximum atomic E-state index is 13.6. The Morgan fingerprint density at radius 3 is 3.14 bits per heavy atom. The Labute approximate surface area is 132 Å². The first kappa shape index (κ1) is 15.0. The van der Waals surface area contributed by atoms with Gasteiger partial charge >= 0.3 is 0 Å². The van der Waals surface area contributed by atoms with E-state index in [0.717, 1.165) is 19.5 Å². The highest BCUT2D eigenvalue weighted by Crippen LogP contribution is 2.24. The largest absolute Gasteiger partial charge is 0.399 e. The molecule has 1 aromatic carbocycles. The molecule has 1 aliphatic rings. The molecule has 6 heteroatoms. The van der Waals surface area contributed by atoms with E-state index in [1.165, 1.54) is 28.6 Å². The summed E-state index contributed by atoms with van der Waals surface area (Å²) in [7, 11) is 0. The molecule has 4 nitrogen and oxygen atoms in total. The van der Waals surface area contributed by atoms with Gasteiger partial charge in [0.25, 0.3) is 0 Å². The van der Waals surface area contributed by atoms with Gasteiger partial charge in [-0.05, 0) is 41.6 Å². The van der Waals surface area contributed by atoms with Crippen LogP contribution >= 0.6 is 11.3 Å². The summed E-state index contributed by atoms with van der Waals surface area (Å²) in [5, 5.41) is 4.70. The molecule has 1 amide bonds. The summed E-state index contributed by atoms with van der Waals surface area (Å²) in [6.07, 6.45) is 1.38. The highest BCUT2D eigenvalue weighted by molar-refractivity contribution is 7.10. The number of anilines is 2. The molecule has 0 saturated heterocycles. The molecule has 3 N–H and O–H groups in total. The van der Waals surface area contributed by atoms with Crippen LogP contribution in [-0.4, -0.2) is 23.9 Å². The monoisotopic (exact) mass is 319 g/mol. The number of carbonyl (C=O) groups is 1. The van der Waals surface area contributed by atoms with Crippen LogP contribution in [0.25, 0.3) is 0 Å². The molecular formula is C16H18FN3OS. The molecular weight excluding hydrogens is 301 g/mol. The van der Waals surface area contributed by atoms with E-state index in [-0.39, 0.29) is 11.6 Å². The van der Waals surface area contributed by atoms with E-state index in [9.17, 15) is 9.18 Å². The summed E-state index contributed by atoms with van der Waals surface area (Å²) in [5.74, 6) is -0.663. The van der Waals surface area contributed by atoms with Gasteiger partial charge in [0.15, 0.2) is 0 Å².